The van der Waals surface area contributed by atoms with Crippen molar-refractivity contribution in [2.45, 2.75) is 78.2 Å². The predicted octanol–water partition coefficient (Wildman–Crippen LogP) is 4.08. The lowest BCUT2D eigenvalue weighted by Crippen LogP contribution is -2.45. The van der Waals surface area contributed by atoms with Crippen LogP contribution in [0.3, 0.4) is 0 Å². The van der Waals surface area contributed by atoms with E-state index in [4.69, 9.17) is 14.2 Å². The molecule has 3 atom stereocenters. The summed E-state index contributed by atoms with van der Waals surface area (Å²) in [6.45, 7) is 10.7. The molecule has 1 aromatic carbocycles. The SMILES string of the molecule is CCC[C@@H](OC(=O)[C@H](C)NC(=O)OC(C)(C)C)[C@H](C)Oc1ccccc1. The van der Waals surface area contributed by atoms with Crippen LogP contribution >= 0.6 is 0 Å². The zero-order valence-electron chi connectivity index (χ0n) is 16.6. The van der Waals surface area contributed by atoms with Crippen molar-refractivity contribution < 1.29 is 23.8 Å². The number of rotatable bonds is 8. The molecule has 0 aliphatic rings. The van der Waals surface area contributed by atoms with Crippen LogP contribution in [0.15, 0.2) is 30.3 Å². The Morgan fingerprint density at radius 3 is 2.27 bits per heavy atom. The van der Waals surface area contributed by atoms with E-state index < -0.39 is 29.8 Å². The van der Waals surface area contributed by atoms with E-state index >= 15 is 0 Å². The molecule has 0 saturated heterocycles. The second-order valence-electron chi connectivity index (χ2n) is 7.27. The van der Waals surface area contributed by atoms with Crippen molar-refractivity contribution in [2.75, 3.05) is 0 Å². The van der Waals surface area contributed by atoms with Crippen LogP contribution in [0.2, 0.25) is 0 Å². The van der Waals surface area contributed by atoms with Crippen LogP contribution in [0.5, 0.6) is 5.75 Å². The molecule has 1 N–H and O–H groups in total. The maximum atomic E-state index is 12.3. The molecule has 0 radical (unpaired) electrons. The number of amides is 1. The first-order valence-corrected chi connectivity index (χ1v) is 9.04. The van der Waals surface area contributed by atoms with Gasteiger partial charge in [-0.3, -0.25) is 0 Å². The highest BCUT2D eigenvalue weighted by Crippen LogP contribution is 2.17. The number of carbonyl (C=O) groups is 2. The molecule has 6 nitrogen and oxygen atoms in total. The molecule has 26 heavy (non-hydrogen) atoms. The third-order valence-corrected chi connectivity index (χ3v) is 3.52. The Labute approximate surface area is 156 Å². The normalized spacial score (nSPS) is 14.7. The third kappa shape index (κ3) is 8.23. The summed E-state index contributed by atoms with van der Waals surface area (Å²) in [7, 11) is 0. The number of para-hydroxylation sites is 1. The average Bonchev–Trinajstić information content (AvgIpc) is 2.53. The van der Waals surface area contributed by atoms with Gasteiger partial charge in [0, 0.05) is 0 Å². The van der Waals surface area contributed by atoms with E-state index in [1.54, 1.807) is 27.7 Å². The maximum absolute atomic E-state index is 12.3. The number of hydrogen-bond acceptors (Lipinski definition) is 5. The minimum atomic E-state index is -0.812. The van der Waals surface area contributed by atoms with E-state index in [9.17, 15) is 9.59 Å². The smallest absolute Gasteiger partial charge is 0.408 e. The number of carbonyl (C=O) groups excluding carboxylic acids is 2. The van der Waals surface area contributed by atoms with Crippen molar-refractivity contribution in [3.8, 4) is 5.75 Å². The second kappa shape index (κ2) is 10.0. The second-order valence-corrected chi connectivity index (χ2v) is 7.27. The van der Waals surface area contributed by atoms with Crippen molar-refractivity contribution in [3.05, 3.63) is 30.3 Å². The number of nitrogens with one attached hydrogen (secondary N) is 1. The summed E-state index contributed by atoms with van der Waals surface area (Å²) in [5.74, 6) is 0.204. The summed E-state index contributed by atoms with van der Waals surface area (Å²) < 4.78 is 16.6. The Morgan fingerprint density at radius 2 is 1.73 bits per heavy atom. The van der Waals surface area contributed by atoms with Gasteiger partial charge in [-0.15, -0.1) is 0 Å². The Balaban J connectivity index is 2.61. The van der Waals surface area contributed by atoms with Gasteiger partial charge >= 0.3 is 12.1 Å². The van der Waals surface area contributed by atoms with Crippen molar-refractivity contribution >= 4 is 12.1 Å². The Morgan fingerprint density at radius 1 is 1.12 bits per heavy atom. The molecular weight excluding hydrogens is 334 g/mol. The van der Waals surface area contributed by atoms with Crippen LogP contribution in [0.1, 0.15) is 54.4 Å². The molecule has 0 heterocycles. The van der Waals surface area contributed by atoms with E-state index in [0.717, 1.165) is 12.2 Å². The van der Waals surface area contributed by atoms with E-state index in [-0.39, 0.29) is 6.10 Å². The lowest BCUT2D eigenvalue weighted by atomic mass is 10.1. The molecule has 0 bridgehead atoms. The molecule has 0 spiro atoms. The van der Waals surface area contributed by atoms with Gasteiger partial charge in [-0.25, -0.2) is 9.59 Å². The minimum absolute atomic E-state index is 0.310. The molecule has 6 heteroatoms. The summed E-state index contributed by atoms with van der Waals surface area (Å²) in [5.41, 5.74) is -0.628. The molecule has 1 aromatic rings. The topological polar surface area (TPSA) is 73.9 Å². The number of benzene rings is 1. The summed E-state index contributed by atoms with van der Waals surface area (Å²) >= 11 is 0. The standard InChI is InChI=1S/C20H31NO5/c1-7-11-17(15(3)24-16-12-9-8-10-13-16)25-18(22)14(2)21-19(23)26-20(4,5)6/h8-10,12-15,17H,7,11H2,1-6H3,(H,21,23)/t14-,15-,17+/m0/s1. The van der Waals surface area contributed by atoms with Gasteiger partial charge in [0.05, 0.1) is 0 Å². The third-order valence-electron chi connectivity index (χ3n) is 3.52. The number of ether oxygens (including phenoxy) is 3. The number of hydrogen-bond donors (Lipinski definition) is 1. The first kappa shape index (κ1) is 21.8. The van der Waals surface area contributed by atoms with Crippen LogP contribution in [0.25, 0.3) is 0 Å². The molecule has 0 aromatic heterocycles. The molecule has 0 aliphatic heterocycles. The van der Waals surface area contributed by atoms with Crippen molar-refractivity contribution in [2.24, 2.45) is 0 Å². The van der Waals surface area contributed by atoms with Gasteiger partial charge in [-0.1, -0.05) is 31.5 Å². The monoisotopic (exact) mass is 365 g/mol. The van der Waals surface area contributed by atoms with Crippen LogP contribution in [-0.2, 0) is 14.3 Å². The maximum Gasteiger partial charge on any atom is 0.408 e. The van der Waals surface area contributed by atoms with Crippen molar-refractivity contribution in [1.82, 2.24) is 5.32 Å². The molecule has 0 aliphatic carbocycles. The van der Waals surface area contributed by atoms with Crippen LogP contribution in [0, 0.1) is 0 Å². The van der Waals surface area contributed by atoms with Gasteiger partial charge in [0.2, 0.25) is 0 Å². The molecule has 0 unspecified atom stereocenters. The molecule has 0 saturated carbocycles. The molecular formula is C20H31NO5. The Hall–Kier alpha value is -2.24. The molecule has 1 rings (SSSR count). The zero-order valence-corrected chi connectivity index (χ0v) is 16.6. The van der Waals surface area contributed by atoms with Gasteiger partial charge in [0.1, 0.15) is 29.6 Å². The Kier molecular flexibility index (Phi) is 8.42. The lowest BCUT2D eigenvalue weighted by Gasteiger charge is -2.26. The highest BCUT2D eigenvalue weighted by atomic mass is 16.6. The van der Waals surface area contributed by atoms with Gasteiger partial charge in [0.25, 0.3) is 0 Å². The van der Waals surface area contributed by atoms with Crippen LogP contribution < -0.4 is 10.1 Å². The first-order chi connectivity index (χ1) is 12.1. The van der Waals surface area contributed by atoms with Gasteiger partial charge in [-0.2, -0.15) is 0 Å². The minimum Gasteiger partial charge on any atom is -0.487 e. The van der Waals surface area contributed by atoms with Crippen LogP contribution in [-0.4, -0.2) is 35.9 Å². The fraction of sp³-hybridized carbons (Fsp3) is 0.600. The first-order valence-electron chi connectivity index (χ1n) is 9.04. The largest absolute Gasteiger partial charge is 0.487 e. The highest BCUT2D eigenvalue weighted by molar-refractivity contribution is 5.81. The van der Waals surface area contributed by atoms with E-state index in [1.807, 2.05) is 44.2 Å². The summed E-state index contributed by atoms with van der Waals surface area (Å²) in [4.78, 5) is 24.1. The summed E-state index contributed by atoms with van der Waals surface area (Å²) in [6.07, 6.45) is 0.140. The fourth-order valence-corrected chi connectivity index (χ4v) is 2.26. The quantitative estimate of drug-likeness (QED) is 0.703. The van der Waals surface area contributed by atoms with Gasteiger partial charge in [-0.05, 0) is 53.2 Å². The van der Waals surface area contributed by atoms with Gasteiger partial charge in [0.15, 0.2) is 0 Å². The molecule has 1 amide bonds. The molecule has 0 fully saturated rings. The van der Waals surface area contributed by atoms with Crippen molar-refractivity contribution in [1.29, 1.82) is 0 Å². The lowest BCUT2D eigenvalue weighted by molar-refractivity contribution is -0.156. The van der Waals surface area contributed by atoms with E-state index in [1.165, 1.54) is 0 Å². The summed E-state index contributed by atoms with van der Waals surface area (Å²) in [5, 5.41) is 2.50. The number of esters is 1. The van der Waals surface area contributed by atoms with E-state index in [0.29, 0.717) is 6.42 Å². The zero-order chi connectivity index (χ0) is 19.7. The predicted molar refractivity (Wildman–Crippen MR) is 100 cm³/mol. The average molecular weight is 365 g/mol. The van der Waals surface area contributed by atoms with Crippen LogP contribution in [0.4, 0.5) is 4.79 Å². The Bertz CT molecular complexity index is 567. The van der Waals surface area contributed by atoms with E-state index in [2.05, 4.69) is 5.32 Å². The number of alkyl carbamates (subject to hydrolysis) is 1. The van der Waals surface area contributed by atoms with Crippen molar-refractivity contribution in [3.63, 3.8) is 0 Å². The fourth-order valence-electron chi connectivity index (χ4n) is 2.26. The molecule has 146 valence electrons. The van der Waals surface area contributed by atoms with Gasteiger partial charge < -0.3 is 19.5 Å². The summed E-state index contributed by atoms with van der Waals surface area (Å²) in [6, 6.07) is 8.58. The highest BCUT2D eigenvalue weighted by Gasteiger charge is 2.27.